The molecule has 31 heavy (non-hydrogen) atoms. The molecular formula is C23H24ClN5O2. The lowest BCUT2D eigenvalue weighted by atomic mass is 10.1. The summed E-state index contributed by atoms with van der Waals surface area (Å²) in [6, 6.07) is 12.3. The number of halogens is 1. The maximum absolute atomic E-state index is 13.0. The second-order valence-electron chi connectivity index (χ2n) is 7.69. The van der Waals surface area contributed by atoms with E-state index in [-0.39, 0.29) is 16.6 Å². The van der Waals surface area contributed by atoms with Crippen molar-refractivity contribution in [3.63, 3.8) is 0 Å². The van der Waals surface area contributed by atoms with Crippen LogP contribution < -0.4 is 5.32 Å². The number of pyridine rings is 1. The van der Waals surface area contributed by atoms with Crippen LogP contribution in [0.3, 0.4) is 0 Å². The average Bonchev–Trinajstić information content (AvgIpc) is 3.12. The van der Waals surface area contributed by atoms with Crippen LogP contribution in [0.25, 0.3) is 5.82 Å². The first kappa shape index (κ1) is 21.1. The number of carbonyl (C=O) groups is 2. The van der Waals surface area contributed by atoms with E-state index < -0.39 is 5.91 Å². The van der Waals surface area contributed by atoms with Crippen LogP contribution in [0.4, 0.5) is 5.69 Å². The van der Waals surface area contributed by atoms with Gasteiger partial charge in [-0.1, -0.05) is 23.7 Å². The van der Waals surface area contributed by atoms with Crippen LogP contribution in [0, 0.1) is 13.8 Å². The van der Waals surface area contributed by atoms with E-state index in [9.17, 15) is 9.59 Å². The van der Waals surface area contributed by atoms with E-state index in [4.69, 9.17) is 11.6 Å². The van der Waals surface area contributed by atoms with Gasteiger partial charge in [0.15, 0.2) is 5.82 Å². The number of nitrogens with zero attached hydrogens (tertiary/aromatic N) is 4. The van der Waals surface area contributed by atoms with Gasteiger partial charge in [0.25, 0.3) is 11.8 Å². The molecular weight excluding hydrogens is 414 g/mol. The van der Waals surface area contributed by atoms with Gasteiger partial charge in [0.1, 0.15) is 5.69 Å². The fraction of sp³-hybridized carbons (Fsp3) is 0.304. The summed E-state index contributed by atoms with van der Waals surface area (Å²) in [5.41, 5.74) is 2.73. The van der Waals surface area contributed by atoms with Crippen LogP contribution in [0.1, 0.15) is 51.5 Å². The lowest BCUT2D eigenvalue weighted by molar-refractivity contribution is 0.0725. The van der Waals surface area contributed by atoms with Crippen LogP contribution in [0.2, 0.25) is 5.02 Å². The normalized spacial score (nSPS) is 13.8. The van der Waals surface area contributed by atoms with Crippen LogP contribution in [0.5, 0.6) is 0 Å². The molecule has 4 rings (SSSR count). The maximum Gasteiger partial charge on any atom is 0.275 e. The molecule has 8 heteroatoms. The van der Waals surface area contributed by atoms with Gasteiger partial charge in [-0.25, -0.2) is 9.67 Å². The van der Waals surface area contributed by atoms with Gasteiger partial charge >= 0.3 is 0 Å². The van der Waals surface area contributed by atoms with Crippen LogP contribution >= 0.6 is 11.6 Å². The first-order valence-electron chi connectivity index (χ1n) is 10.3. The van der Waals surface area contributed by atoms with Gasteiger partial charge in [-0.05, 0) is 63.4 Å². The molecule has 0 atom stereocenters. The van der Waals surface area contributed by atoms with E-state index >= 15 is 0 Å². The average molecular weight is 438 g/mol. The third-order valence-corrected chi connectivity index (χ3v) is 5.63. The zero-order valence-electron chi connectivity index (χ0n) is 17.6. The summed E-state index contributed by atoms with van der Waals surface area (Å²) >= 11 is 6.29. The number of aryl methyl sites for hydroxylation is 2. The summed E-state index contributed by atoms with van der Waals surface area (Å²) in [6.07, 6.45) is 3.13. The van der Waals surface area contributed by atoms with Crippen LogP contribution in [0.15, 0.2) is 42.5 Å². The van der Waals surface area contributed by atoms with E-state index in [0.29, 0.717) is 17.1 Å². The van der Waals surface area contributed by atoms with Crippen LogP contribution in [-0.4, -0.2) is 44.6 Å². The third-order valence-electron chi connectivity index (χ3n) is 5.32. The number of piperidine rings is 1. The second kappa shape index (κ2) is 8.89. The fourth-order valence-corrected chi connectivity index (χ4v) is 3.99. The quantitative estimate of drug-likeness (QED) is 0.655. The molecule has 3 aromatic rings. The number of amides is 2. The molecule has 7 nitrogen and oxygen atoms in total. The van der Waals surface area contributed by atoms with E-state index in [1.807, 2.05) is 24.8 Å². The number of para-hydroxylation sites is 1. The Labute approximate surface area is 186 Å². The lowest BCUT2D eigenvalue weighted by Crippen LogP contribution is -2.36. The SMILES string of the molecule is Cc1cc(C)n(-c2ccc(Cl)c(C(=O)Nc3ccccc3C(=O)N3CCCCC3)n2)n1. The Bertz CT molecular complexity index is 1130. The molecule has 1 fully saturated rings. The third kappa shape index (κ3) is 4.46. The highest BCUT2D eigenvalue weighted by Crippen LogP contribution is 2.23. The lowest BCUT2D eigenvalue weighted by Gasteiger charge is -2.27. The second-order valence-corrected chi connectivity index (χ2v) is 8.10. The number of rotatable bonds is 4. The van der Waals surface area contributed by atoms with Crippen molar-refractivity contribution in [2.45, 2.75) is 33.1 Å². The summed E-state index contributed by atoms with van der Waals surface area (Å²) < 4.78 is 1.66. The number of hydrogen-bond donors (Lipinski definition) is 1. The zero-order valence-corrected chi connectivity index (χ0v) is 18.3. The zero-order chi connectivity index (χ0) is 22.0. The van der Waals surface area contributed by atoms with E-state index in [1.165, 1.54) is 0 Å². The van der Waals surface area contributed by atoms with Crippen molar-refractivity contribution in [3.8, 4) is 5.82 Å². The summed E-state index contributed by atoms with van der Waals surface area (Å²) in [5.74, 6) is -0.0591. The molecule has 0 radical (unpaired) electrons. The van der Waals surface area contributed by atoms with Crippen molar-refractivity contribution in [2.75, 3.05) is 18.4 Å². The van der Waals surface area contributed by atoms with Gasteiger partial charge in [-0.2, -0.15) is 5.10 Å². The highest BCUT2D eigenvalue weighted by Gasteiger charge is 2.22. The van der Waals surface area contributed by atoms with E-state index in [0.717, 1.165) is 43.7 Å². The molecule has 2 amide bonds. The first-order valence-corrected chi connectivity index (χ1v) is 10.7. The minimum Gasteiger partial charge on any atom is -0.339 e. The predicted molar refractivity (Wildman–Crippen MR) is 120 cm³/mol. The number of aromatic nitrogens is 3. The number of hydrogen-bond acceptors (Lipinski definition) is 4. The van der Waals surface area contributed by atoms with Crippen LogP contribution in [-0.2, 0) is 0 Å². The Morgan fingerprint density at radius 2 is 1.77 bits per heavy atom. The highest BCUT2D eigenvalue weighted by atomic mass is 35.5. The Morgan fingerprint density at radius 3 is 2.48 bits per heavy atom. The van der Waals surface area contributed by atoms with Crippen molar-refractivity contribution in [2.24, 2.45) is 0 Å². The summed E-state index contributed by atoms with van der Waals surface area (Å²) in [6.45, 7) is 5.28. The topological polar surface area (TPSA) is 80.1 Å². The highest BCUT2D eigenvalue weighted by molar-refractivity contribution is 6.34. The number of nitrogens with one attached hydrogen (secondary N) is 1. The van der Waals surface area contributed by atoms with Gasteiger partial charge in [0, 0.05) is 18.8 Å². The maximum atomic E-state index is 13.0. The molecule has 0 unspecified atom stereocenters. The Balaban J connectivity index is 1.61. The van der Waals surface area contributed by atoms with Gasteiger partial charge in [-0.3, -0.25) is 9.59 Å². The molecule has 0 saturated carbocycles. The van der Waals surface area contributed by atoms with E-state index in [1.54, 1.807) is 41.1 Å². The number of carbonyl (C=O) groups excluding carboxylic acids is 2. The Hall–Kier alpha value is -3.19. The van der Waals surface area contributed by atoms with Gasteiger partial charge in [0.05, 0.1) is 22.0 Å². The van der Waals surface area contributed by atoms with Crippen molar-refractivity contribution >= 4 is 29.1 Å². The molecule has 160 valence electrons. The Kier molecular flexibility index (Phi) is 6.04. The standard InChI is InChI=1S/C23H24ClN5O2/c1-15-14-16(2)29(27-15)20-11-10-18(24)21(26-20)22(30)25-19-9-5-4-8-17(19)23(31)28-12-6-3-7-13-28/h4-5,8-11,14H,3,6-7,12-13H2,1-2H3,(H,25,30). The fourth-order valence-electron chi connectivity index (χ4n) is 3.80. The molecule has 3 heterocycles. The summed E-state index contributed by atoms with van der Waals surface area (Å²) in [7, 11) is 0. The van der Waals surface area contributed by atoms with Gasteiger partial charge < -0.3 is 10.2 Å². The van der Waals surface area contributed by atoms with E-state index in [2.05, 4.69) is 15.4 Å². The molecule has 0 aliphatic carbocycles. The molecule has 1 saturated heterocycles. The first-order chi connectivity index (χ1) is 14.9. The number of benzene rings is 1. The van der Waals surface area contributed by atoms with Crippen molar-refractivity contribution in [3.05, 3.63) is 70.1 Å². The van der Waals surface area contributed by atoms with Crippen molar-refractivity contribution < 1.29 is 9.59 Å². The van der Waals surface area contributed by atoms with Gasteiger partial charge in [-0.15, -0.1) is 0 Å². The predicted octanol–water partition coefficient (Wildman–Crippen LogP) is 4.42. The van der Waals surface area contributed by atoms with Crippen molar-refractivity contribution in [1.82, 2.24) is 19.7 Å². The largest absolute Gasteiger partial charge is 0.339 e. The molecule has 0 bridgehead atoms. The molecule has 1 aliphatic rings. The molecule has 0 spiro atoms. The molecule has 1 aliphatic heterocycles. The molecule has 1 aromatic carbocycles. The Morgan fingerprint density at radius 1 is 1.03 bits per heavy atom. The minimum atomic E-state index is -0.479. The monoisotopic (exact) mass is 437 g/mol. The molecule has 1 N–H and O–H groups in total. The summed E-state index contributed by atoms with van der Waals surface area (Å²) in [4.78, 5) is 32.3. The number of likely N-dealkylation sites (tertiary alicyclic amines) is 1. The number of anilines is 1. The van der Waals surface area contributed by atoms with Crippen molar-refractivity contribution in [1.29, 1.82) is 0 Å². The minimum absolute atomic E-state index is 0.0759. The van der Waals surface area contributed by atoms with Gasteiger partial charge in [0.2, 0.25) is 0 Å². The smallest absolute Gasteiger partial charge is 0.275 e. The summed E-state index contributed by atoms with van der Waals surface area (Å²) in [5, 5.41) is 7.46. The molecule has 2 aromatic heterocycles.